The van der Waals surface area contributed by atoms with Crippen molar-refractivity contribution in [3.8, 4) is 0 Å². The number of sulfonamides is 1. The van der Waals surface area contributed by atoms with Crippen LogP contribution in [0.25, 0.3) is 10.9 Å². The van der Waals surface area contributed by atoms with Crippen LogP contribution in [0.15, 0.2) is 83.8 Å². The molecule has 10 heteroatoms. The van der Waals surface area contributed by atoms with Gasteiger partial charge in [0.25, 0.3) is 0 Å². The number of rotatable bonds is 11. The van der Waals surface area contributed by atoms with Crippen molar-refractivity contribution in [3.05, 3.63) is 89.4 Å². The molecule has 3 N–H and O–H groups in total. The van der Waals surface area contributed by atoms with E-state index in [0.29, 0.717) is 35.4 Å². The molecule has 2 fully saturated rings. The third-order valence-corrected chi connectivity index (χ3v) is 10.7. The van der Waals surface area contributed by atoms with Gasteiger partial charge in [0.2, 0.25) is 16.0 Å². The van der Waals surface area contributed by atoms with Gasteiger partial charge in [-0.25, -0.2) is 18.1 Å². The molecule has 6 rings (SSSR count). The molecule has 0 radical (unpaired) electrons. The van der Waals surface area contributed by atoms with E-state index in [4.69, 9.17) is 21.6 Å². The van der Waals surface area contributed by atoms with Crippen LogP contribution in [0.1, 0.15) is 51.5 Å². The summed E-state index contributed by atoms with van der Waals surface area (Å²) in [6.45, 7) is 4.38. The van der Waals surface area contributed by atoms with Gasteiger partial charge in [-0.2, -0.15) is 4.98 Å². The monoisotopic (exact) mass is 648 g/mol. The van der Waals surface area contributed by atoms with E-state index >= 15 is 0 Å². The molecule has 3 aromatic carbocycles. The first-order valence-corrected chi connectivity index (χ1v) is 17.6. The fourth-order valence-corrected chi connectivity index (χ4v) is 7.58. The van der Waals surface area contributed by atoms with Crippen LogP contribution < -0.4 is 15.4 Å². The van der Waals surface area contributed by atoms with E-state index in [1.807, 2.05) is 18.2 Å². The maximum Gasteiger partial charge on any atom is 0.240 e. The fraction of sp³-hybridized carbons (Fsp3) is 0.429. The van der Waals surface area contributed by atoms with Crippen molar-refractivity contribution in [1.29, 1.82) is 0 Å². The number of halogens is 1. The molecular formula is C35H45ClN6O2S. The molecule has 1 aliphatic heterocycles. The number of fused-ring (bicyclic) bond motifs is 1. The number of nitrogens with one attached hydrogen (secondary N) is 3. The zero-order chi connectivity index (χ0) is 30.4. The lowest BCUT2D eigenvalue weighted by Crippen LogP contribution is -2.38. The van der Waals surface area contributed by atoms with E-state index in [9.17, 15) is 8.42 Å². The summed E-state index contributed by atoms with van der Waals surface area (Å²) in [6, 6.07) is 25.5. The molecule has 0 spiro atoms. The second-order valence-corrected chi connectivity index (χ2v) is 14.4. The number of benzene rings is 3. The summed E-state index contributed by atoms with van der Waals surface area (Å²) in [7, 11) is -3.53. The standard InChI is InChI=1S/C34H41ClN6O2S.CH4/c35-28-14-16-30(17-15-28)44(42,43)37-23-26-12-10-25(11-13-26)22-36-34-39-32-9-5-4-8-31(32)33(40-34)38-29-18-20-41(21-19-29)24-27-6-2-1-3-7-27;/h1-9,14-17,25-26,29,37H,10-13,18-24H2,(H2,36,38,39,40);1H4. The summed E-state index contributed by atoms with van der Waals surface area (Å²) < 4.78 is 28.1. The fourth-order valence-electron chi connectivity index (χ4n) is 6.34. The maximum absolute atomic E-state index is 12.7. The zero-order valence-corrected chi connectivity index (χ0v) is 26.5. The average Bonchev–Trinajstić information content (AvgIpc) is 3.05. The Bertz CT molecular complexity index is 1620. The molecule has 45 heavy (non-hydrogen) atoms. The highest BCUT2D eigenvalue weighted by Gasteiger charge is 2.24. The van der Waals surface area contributed by atoms with Crippen LogP contribution in [0.4, 0.5) is 11.8 Å². The SMILES string of the molecule is C.O=S(=O)(NCC1CCC(CNc2nc(NC3CCN(Cc4ccccc4)CC3)c3ccccc3n2)CC1)c1ccc(Cl)cc1. The highest BCUT2D eigenvalue weighted by Crippen LogP contribution is 2.30. The van der Waals surface area contributed by atoms with Gasteiger partial charge in [-0.15, -0.1) is 0 Å². The van der Waals surface area contributed by atoms with Crippen molar-refractivity contribution in [2.24, 2.45) is 11.8 Å². The number of nitrogens with zero attached hydrogens (tertiary/aromatic N) is 3. The molecule has 1 aromatic heterocycles. The number of anilines is 2. The Morgan fingerprint density at radius 2 is 1.42 bits per heavy atom. The number of hydrogen-bond acceptors (Lipinski definition) is 7. The smallest absolute Gasteiger partial charge is 0.240 e. The Labute approximate surface area is 273 Å². The lowest BCUT2D eigenvalue weighted by molar-refractivity contribution is 0.211. The molecule has 1 aliphatic carbocycles. The molecule has 1 saturated carbocycles. The lowest BCUT2D eigenvalue weighted by atomic mass is 9.82. The second-order valence-electron chi connectivity index (χ2n) is 12.2. The molecule has 0 bridgehead atoms. The molecule has 2 aliphatic rings. The number of para-hydroxylation sites is 1. The number of likely N-dealkylation sites (tertiary alicyclic amines) is 1. The molecule has 2 heterocycles. The van der Waals surface area contributed by atoms with Crippen LogP contribution in [0.5, 0.6) is 0 Å². The topological polar surface area (TPSA) is 99.2 Å². The van der Waals surface area contributed by atoms with E-state index in [-0.39, 0.29) is 12.3 Å². The molecule has 0 unspecified atom stereocenters. The van der Waals surface area contributed by atoms with Gasteiger partial charge >= 0.3 is 0 Å². The molecule has 1 saturated heterocycles. The first-order chi connectivity index (χ1) is 21.4. The number of hydrogen-bond donors (Lipinski definition) is 3. The molecule has 8 nitrogen and oxygen atoms in total. The van der Waals surface area contributed by atoms with Crippen LogP contribution in [0, 0.1) is 11.8 Å². The Morgan fingerprint density at radius 1 is 0.778 bits per heavy atom. The minimum absolute atomic E-state index is 0. The van der Waals surface area contributed by atoms with Crippen molar-refractivity contribution in [2.45, 2.75) is 63.4 Å². The van der Waals surface area contributed by atoms with E-state index in [1.165, 1.54) is 5.56 Å². The number of piperidine rings is 1. The van der Waals surface area contributed by atoms with Gasteiger partial charge in [-0.3, -0.25) is 4.90 Å². The predicted molar refractivity (Wildman–Crippen MR) is 185 cm³/mol. The molecule has 0 atom stereocenters. The first kappa shape index (κ1) is 33.1. The minimum Gasteiger partial charge on any atom is -0.367 e. The summed E-state index contributed by atoms with van der Waals surface area (Å²) in [5.74, 6) is 2.39. The van der Waals surface area contributed by atoms with Crippen molar-refractivity contribution >= 4 is 44.3 Å². The van der Waals surface area contributed by atoms with Crippen molar-refractivity contribution in [3.63, 3.8) is 0 Å². The molecule has 0 amide bonds. The summed E-state index contributed by atoms with van der Waals surface area (Å²) in [4.78, 5) is 12.5. The van der Waals surface area contributed by atoms with Crippen LogP contribution in [0.2, 0.25) is 5.02 Å². The van der Waals surface area contributed by atoms with Crippen molar-refractivity contribution < 1.29 is 8.42 Å². The van der Waals surface area contributed by atoms with Crippen LogP contribution >= 0.6 is 11.6 Å². The minimum atomic E-state index is -3.53. The Balaban J connectivity index is 0.00000400. The molecular weight excluding hydrogens is 604 g/mol. The van der Waals surface area contributed by atoms with E-state index in [1.54, 1.807) is 24.3 Å². The largest absolute Gasteiger partial charge is 0.367 e. The predicted octanol–water partition coefficient (Wildman–Crippen LogP) is 7.19. The molecule has 4 aromatic rings. The summed E-state index contributed by atoms with van der Waals surface area (Å²) in [5.41, 5.74) is 2.30. The van der Waals surface area contributed by atoms with Gasteiger partial charge in [0.05, 0.1) is 10.4 Å². The quantitative estimate of drug-likeness (QED) is 0.158. The highest BCUT2D eigenvalue weighted by molar-refractivity contribution is 7.89. The lowest BCUT2D eigenvalue weighted by Gasteiger charge is -2.33. The van der Waals surface area contributed by atoms with Gasteiger partial charge in [0, 0.05) is 49.2 Å². The van der Waals surface area contributed by atoms with Crippen LogP contribution in [0.3, 0.4) is 0 Å². The second kappa shape index (κ2) is 15.4. The Morgan fingerprint density at radius 3 is 2.13 bits per heavy atom. The van der Waals surface area contributed by atoms with Gasteiger partial charge in [-0.1, -0.05) is 61.5 Å². The van der Waals surface area contributed by atoms with E-state index in [0.717, 1.165) is 81.4 Å². The van der Waals surface area contributed by atoms with E-state index < -0.39 is 10.0 Å². The van der Waals surface area contributed by atoms with Gasteiger partial charge in [-0.05, 0) is 92.3 Å². The van der Waals surface area contributed by atoms with Gasteiger partial charge < -0.3 is 10.6 Å². The highest BCUT2D eigenvalue weighted by atomic mass is 35.5. The summed E-state index contributed by atoms with van der Waals surface area (Å²) in [5, 5.41) is 8.84. The van der Waals surface area contributed by atoms with Crippen molar-refractivity contribution in [1.82, 2.24) is 19.6 Å². The zero-order valence-electron chi connectivity index (χ0n) is 25.0. The van der Waals surface area contributed by atoms with E-state index in [2.05, 4.69) is 56.7 Å². The van der Waals surface area contributed by atoms with Crippen molar-refractivity contribution in [2.75, 3.05) is 36.8 Å². The maximum atomic E-state index is 12.7. The Hall–Kier alpha value is -3.24. The van der Waals surface area contributed by atoms with Crippen LogP contribution in [-0.4, -0.2) is 55.5 Å². The Kier molecular flexibility index (Phi) is 11.3. The first-order valence-electron chi connectivity index (χ1n) is 15.7. The molecule has 240 valence electrons. The van der Waals surface area contributed by atoms with Gasteiger partial charge in [0.15, 0.2) is 0 Å². The summed E-state index contributed by atoms with van der Waals surface area (Å²) in [6.07, 6.45) is 6.22. The van der Waals surface area contributed by atoms with Gasteiger partial charge in [0.1, 0.15) is 5.82 Å². The normalized spacial score (nSPS) is 19.6. The summed E-state index contributed by atoms with van der Waals surface area (Å²) >= 11 is 5.90. The third-order valence-electron chi connectivity index (χ3n) is 8.98. The number of aromatic nitrogens is 2. The third kappa shape index (κ3) is 8.94. The van der Waals surface area contributed by atoms with Crippen LogP contribution in [-0.2, 0) is 16.6 Å². The average molecular weight is 649 g/mol.